The molecule has 1 heterocycles. The van der Waals surface area contributed by atoms with E-state index in [9.17, 15) is 9.59 Å². The number of thiophene rings is 1. The van der Waals surface area contributed by atoms with Crippen molar-refractivity contribution in [3.05, 3.63) is 52.2 Å². The first-order valence-corrected chi connectivity index (χ1v) is 8.34. The van der Waals surface area contributed by atoms with Gasteiger partial charge in [0.25, 0.3) is 5.91 Å². The first kappa shape index (κ1) is 16.9. The fourth-order valence-electron chi connectivity index (χ4n) is 1.85. The molecule has 0 aliphatic heterocycles. The molecule has 6 heteroatoms. The summed E-state index contributed by atoms with van der Waals surface area (Å²) < 4.78 is 0. The smallest absolute Gasteiger partial charge is 0.271 e. The SMILES string of the molecule is CCCCC(=O)Nc1ccc(C(=O)NN=Cc2cccs2)cc1. The fourth-order valence-corrected chi connectivity index (χ4v) is 2.43. The molecule has 5 nitrogen and oxygen atoms in total. The van der Waals surface area contributed by atoms with E-state index >= 15 is 0 Å². The van der Waals surface area contributed by atoms with Gasteiger partial charge in [-0.2, -0.15) is 5.10 Å². The second-order valence-corrected chi connectivity index (χ2v) is 5.92. The largest absolute Gasteiger partial charge is 0.326 e. The van der Waals surface area contributed by atoms with E-state index in [0.29, 0.717) is 17.7 Å². The number of carbonyl (C=O) groups excluding carboxylic acids is 2. The summed E-state index contributed by atoms with van der Waals surface area (Å²) in [5.74, 6) is -0.300. The Bertz CT molecular complexity index is 664. The standard InChI is InChI=1S/C17H19N3O2S/c1-2-3-6-16(21)19-14-9-7-13(8-10-14)17(22)20-18-12-15-5-4-11-23-15/h4-5,7-12H,2-3,6H2,1H3,(H,19,21)(H,20,22). The summed E-state index contributed by atoms with van der Waals surface area (Å²) in [6.45, 7) is 2.04. The van der Waals surface area contributed by atoms with Crippen molar-refractivity contribution >= 4 is 35.1 Å². The molecule has 2 rings (SSSR count). The molecule has 0 spiro atoms. The number of hydrogen-bond acceptors (Lipinski definition) is 4. The number of hydrazone groups is 1. The number of hydrogen-bond donors (Lipinski definition) is 2. The van der Waals surface area contributed by atoms with E-state index in [-0.39, 0.29) is 11.8 Å². The minimum absolute atomic E-state index is 0.00963. The van der Waals surface area contributed by atoms with Gasteiger partial charge in [0.15, 0.2) is 0 Å². The Morgan fingerprint density at radius 3 is 2.65 bits per heavy atom. The first-order valence-electron chi connectivity index (χ1n) is 7.46. The molecule has 0 aliphatic rings. The van der Waals surface area contributed by atoms with Crippen LogP contribution in [0.3, 0.4) is 0 Å². The Labute approximate surface area is 139 Å². The highest BCUT2D eigenvalue weighted by Gasteiger charge is 2.05. The van der Waals surface area contributed by atoms with E-state index in [0.717, 1.165) is 17.7 Å². The number of anilines is 1. The predicted molar refractivity (Wildman–Crippen MR) is 94.0 cm³/mol. The highest BCUT2D eigenvalue weighted by molar-refractivity contribution is 7.11. The highest BCUT2D eigenvalue weighted by atomic mass is 32.1. The number of amides is 2. The van der Waals surface area contributed by atoms with Crippen LogP contribution in [0.15, 0.2) is 46.9 Å². The van der Waals surface area contributed by atoms with Crippen molar-refractivity contribution in [1.29, 1.82) is 0 Å². The summed E-state index contributed by atoms with van der Waals surface area (Å²) in [7, 11) is 0. The molecule has 23 heavy (non-hydrogen) atoms. The Morgan fingerprint density at radius 1 is 1.22 bits per heavy atom. The number of unbranched alkanes of at least 4 members (excludes halogenated alkanes) is 1. The molecule has 0 fully saturated rings. The molecule has 0 bridgehead atoms. The predicted octanol–water partition coefficient (Wildman–Crippen LogP) is 3.64. The van der Waals surface area contributed by atoms with Gasteiger partial charge in [0, 0.05) is 22.5 Å². The van der Waals surface area contributed by atoms with Crippen LogP contribution in [0.5, 0.6) is 0 Å². The Kier molecular flexibility index (Phi) is 6.50. The van der Waals surface area contributed by atoms with Crippen LogP contribution in [0.25, 0.3) is 0 Å². The Balaban J connectivity index is 1.86. The lowest BCUT2D eigenvalue weighted by atomic mass is 10.2. The number of carbonyl (C=O) groups is 2. The third-order valence-electron chi connectivity index (χ3n) is 3.09. The van der Waals surface area contributed by atoms with Crippen molar-refractivity contribution in [2.24, 2.45) is 5.10 Å². The van der Waals surface area contributed by atoms with Crippen LogP contribution in [0, 0.1) is 0 Å². The van der Waals surface area contributed by atoms with Gasteiger partial charge in [-0.3, -0.25) is 9.59 Å². The van der Waals surface area contributed by atoms with E-state index < -0.39 is 0 Å². The maximum Gasteiger partial charge on any atom is 0.271 e. The van der Waals surface area contributed by atoms with Gasteiger partial charge in [0.05, 0.1) is 6.21 Å². The number of nitrogens with zero attached hydrogens (tertiary/aromatic N) is 1. The Morgan fingerprint density at radius 2 is 2.00 bits per heavy atom. The van der Waals surface area contributed by atoms with Gasteiger partial charge >= 0.3 is 0 Å². The summed E-state index contributed by atoms with van der Waals surface area (Å²) in [6, 6.07) is 10.6. The molecule has 2 aromatic rings. The van der Waals surface area contributed by atoms with Gasteiger partial charge in [-0.1, -0.05) is 19.4 Å². The van der Waals surface area contributed by atoms with Gasteiger partial charge in [0.1, 0.15) is 0 Å². The van der Waals surface area contributed by atoms with Crippen LogP contribution in [-0.4, -0.2) is 18.0 Å². The molecule has 2 amide bonds. The third-order valence-corrected chi connectivity index (χ3v) is 3.90. The number of nitrogens with one attached hydrogen (secondary N) is 2. The second-order valence-electron chi connectivity index (χ2n) is 4.94. The third kappa shape index (κ3) is 5.67. The monoisotopic (exact) mass is 329 g/mol. The van der Waals surface area contributed by atoms with Crippen molar-refractivity contribution < 1.29 is 9.59 Å². The van der Waals surface area contributed by atoms with Gasteiger partial charge in [0.2, 0.25) is 5.91 Å². The average Bonchev–Trinajstić information content (AvgIpc) is 3.07. The molecular formula is C17H19N3O2S. The van der Waals surface area contributed by atoms with Crippen molar-refractivity contribution in [3.8, 4) is 0 Å². The minimum atomic E-state index is -0.290. The second kappa shape index (κ2) is 8.85. The molecule has 120 valence electrons. The molecule has 0 unspecified atom stereocenters. The normalized spacial score (nSPS) is 10.7. The van der Waals surface area contributed by atoms with Crippen molar-refractivity contribution in [1.82, 2.24) is 5.43 Å². The van der Waals surface area contributed by atoms with Crippen molar-refractivity contribution in [2.45, 2.75) is 26.2 Å². The summed E-state index contributed by atoms with van der Waals surface area (Å²) in [6.07, 6.45) is 3.97. The van der Waals surface area contributed by atoms with Gasteiger partial charge in [-0.05, 0) is 42.1 Å². The van der Waals surface area contributed by atoms with Crippen LogP contribution >= 0.6 is 11.3 Å². The van der Waals surface area contributed by atoms with Crippen molar-refractivity contribution in [2.75, 3.05) is 5.32 Å². The van der Waals surface area contributed by atoms with Gasteiger partial charge in [-0.25, -0.2) is 5.43 Å². The van der Waals surface area contributed by atoms with Crippen LogP contribution in [0.4, 0.5) is 5.69 Å². The molecule has 1 aromatic heterocycles. The van der Waals surface area contributed by atoms with Crippen LogP contribution in [-0.2, 0) is 4.79 Å². The maximum atomic E-state index is 11.9. The lowest BCUT2D eigenvalue weighted by Crippen LogP contribution is -2.17. The average molecular weight is 329 g/mol. The Hall–Kier alpha value is -2.47. The lowest BCUT2D eigenvalue weighted by Gasteiger charge is -2.05. The van der Waals surface area contributed by atoms with E-state index in [1.54, 1.807) is 41.8 Å². The first-order chi connectivity index (χ1) is 11.2. The zero-order valence-electron chi connectivity index (χ0n) is 12.9. The highest BCUT2D eigenvalue weighted by Crippen LogP contribution is 2.11. The topological polar surface area (TPSA) is 70.6 Å². The molecule has 0 radical (unpaired) electrons. The fraction of sp³-hybridized carbons (Fsp3) is 0.235. The van der Waals surface area contributed by atoms with E-state index in [2.05, 4.69) is 15.8 Å². The molecule has 0 saturated carbocycles. The van der Waals surface area contributed by atoms with Crippen LogP contribution in [0.2, 0.25) is 0 Å². The molecule has 0 saturated heterocycles. The minimum Gasteiger partial charge on any atom is -0.326 e. The maximum absolute atomic E-state index is 11.9. The summed E-state index contributed by atoms with van der Waals surface area (Å²) >= 11 is 1.54. The molecule has 0 atom stereocenters. The van der Waals surface area contributed by atoms with E-state index in [1.807, 2.05) is 24.4 Å². The molecular weight excluding hydrogens is 310 g/mol. The number of rotatable bonds is 7. The summed E-state index contributed by atoms with van der Waals surface area (Å²) in [5.41, 5.74) is 3.65. The van der Waals surface area contributed by atoms with Crippen molar-refractivity contribution in [3.63, 3.8) is 0 Å². The van der Waals surface area contributed by atoms with E-state index in [4.69, 9.17) is 0 Å². The number of benzene rings is 1. The molecule has 1 aromatic carbocycles. The summed E-state index contributed by atoms with van der Waals surface area (Å²) in [4.78, 5) is 24.5. The zero-order chi connectivity index (χ0) is 16.5. The van der Waals surface area contributed by atoms with Gasteiger partial charge < -0.3 is 5.32 Å². The van der Waals surface area contributed by atoms with Gasteiger partial charge in [-0.15, -0.1) is 11.3 Å². The quantitative estimate of drug-likeness (QED) is 0.601. The van der Waals surface area contributed by atoms with Crippen LogP contribution in [0.1, 0.15) is 41.4 Å². The zero-order valence-corrected chi connectivity index (χ0v) is 13.7. The van der Waals surface area contributed by atoms with E-state index in [1.165, 1.54) is 0 Å². The molecule has 0 aliphatic carbocycles. The molecule has 2 N–H and O–H groups in total. The summed E-state index contributed by atoms with van der Waals surface area (Å²) in [5, 5.41) is 8.66. The van der Waals surface area contributed by atoms with Crippen LogP contribution < -0.4 is 10.7 Å². The lowest BCUT2D eigenvalue weighted by molar-refractivity contribution is -0.116.